The number of benzene rings is 2. The first-order chi connectivity index (χ1) is 11.3. The van der Waals surface area contributed by atoms with Crippen molar-refractivity contribution in [3.05, 3.63) is 56.1 Å². The van der Waals surface area contributed by atoms with Gasteiger partial charge in [0.05, 0.1) is 10.7 Å². The van der Waals surface area contributed by atoms with Crippen molar-refractivity contribution in [1.29, 1.82) is 0 Å². The molecule has 24 heavy (non-hydrogen) atoms. The predicted molar refractivity (Wildman–Crippen MR) is 102 cm³/mol. The molecule has 0 aromatic heterocycles. The quantitative estimate of drug-likeness (QED) is 0.286. The smallest absolute Gasteiger partial charge is 0.266 e. The van der Waals surface area contributed by atoms with Gasteiger partial charge < -0.3 is 0 Å². The molecule has 0 fully saturated rings. The van der Waals surface area contributed by atoms with Crippen molar-refractivity contribution in [3.63, 3.8) is 0 Å². The zero-order valence-corrected chi connectivity index (χ0v) is 16.5. The number of nitrogens with one attached hydrogen (secondary N) is 1. The molecule has 0 unspecified atom stereocenters. The van der Waals surface area contributed by atoms with Gasteiger partial charge in [-0.05, 0) is 65.1 Å². The zero-order chi connectivity index (χ0) is 17.9. The second-order valence-electron chi connectivity index (χ2n) is 4.63. The molecule has 0 saturated heterocycles. The highest BCUT2D eigenvalue weighted by Crippen LogP contribution is 2.30. The summed E-state index contributed by atoms with van der Waals surface area (Å²) < 4.78 is 27.8. The number of anilines is 1. The van der Waals surface area contributed by atoms with Crippen LogP contribution in [-0.4, -0.2) is 20.9 Å². The van der Waals surface area contributed by atoms with Crippen LogP contribution in [0.1, 0.15) is 0 Å². The van der Waals surface area contributed by atoms with E-state index in [1.165, 1.54) is 18.2 Å². The molecule has 10 heteroatoms. The number of nitrogens with zero attached hydrogens (tertiary/aromatic N) is 1. The van der Waals surface area contributed by atoms with E-state index >= 15 is 0 Å². The first-order valence-corrected chi connectivity index (χ1v) is 9.76. The van der Waals surface area contributed by atoms with Crippen molar-refractivity contribution in [2.24, 2.45) is 5.84 Å². The normalized spacial score (nSPS) is 11.2. The molecule has 0 aliphatic carbocycles. The third-order valence-corrected chi connectivity index (χ3v) is 6.23. The van der Waals surface area contributed by atoms with Gasteiger partial charge in [-0.2, -0.15) is 0 Å². The van der Waals surface area contributed by atoms with Gasteiger partial charge in [0.25, 0.3) is 15.9 Å². The average molecular weight is 500 g/mol. The maximum absolute atomic E-state index is 13.0. The lowest BCUT2D eigenvalue weighted by Gasteiger charge is -2.24. The van der Waals surface area contributed by atoms with Crippen molar-refractivity contribution in [3.8, 4) is 0 Å². The summed E-state index contributed by atoms with van der Waals surface area (Å²) in [5.74, 6) is 4.42. The molecule has 0 saturated carbocycles. The lowest BCUT2D eigenvalue weighted by Crippen LogP contribution is -2.43. The lowest BCUT2D eigenvalue weighted by molar-refractivity contribution is -0.119. The Hall–Kier alpha value is -1.07. The Kier molecular flexibility index (Phi) is 6.32. The third-order valence-electron chi connectivity index (χ3n) is 3.02. The molecule has 0 radical (unpaired) electrons. The molecular weight excluding hydrogens is 488 g/mol. The van der Waals surface area contributed by atoms with Gasteiger partial charge in [-0.1, -0.05) is 23.2 Å². The highest BCUT2D eigenvalue weighted by atomic mass is 127. The fourth-order valence-electron chi connectivity index (χ4n) is 1.89. The summed E-state index contributed by atoms with van der Waals surface area (Å²) in [4.78, 5) is 11.5. The number of carbonyl (C=O) groups is 1. The molecule has 0 aliphatic rings. The van der Waals surface area contributed by atoms with Crippen LogP contribution in [0.15, 0.2) is 47.4 Å². The number of hydrogen-bond donors (Lipinski definition) is 2. The van der Waals surface area contributed by atoms with E-state index in [2.05, 4.69) is 22.6 Å². The maximum Gasteiger partial charge on any atom is 0.266 e. The Morgan fingerprint density at radius 1 is 1.17 bits per heavy atom. The Balaban J connectivity index is 2.58. The lowest BCUT2D eigenvalue weighted by atomic mass is 10.3. The zero-order valence-electron chi connectivity index (χ0n) is 12.0. The molecule has 3 N–H and O–H groups in total. The molecule has 0 heterocycles. The number of rotatable bonds is 5. The number of amides is 1. The molecule has 0 atom stereocenters. The van der Waals surface area contributed by atoms with Gasteiger partial charge in [0.2, 0.25) is 0 Å². The second-order valence-corrected chi connectivity index (χ2v) is 8.55. The van der Waals surface area contributed by atoms with Crippen LogP contribution in [0.5, 0.6) is 0 Å². The van der Waals surface area contributed by atoms with Gasteiger partial charge in [0, 0.05) is 8.59 Å². The van der Waals surface area contributed by atoms with Gasteiger partial charge in [-0.25, -0.2) is 14.3 Å². The Bertz CT molecular complexity index is 860. The molecule has 2 aromatic carbocycles. The first kappa shape index (κ1) is 19.3. The number of hydrogen-bond acceptors (Lipinski definition) is 4. The van der Waals surface area contributed by atoms with Crippen LogP contribution in [0.3, 0.4) is 0 Å². The van der Waals surface area contributed by atoms with E-state index in [1.54, 1.807) is 24.3 Å². The highest BCUT2D eigenvalue weighted by Gasteiger charge is 2.29. The fraction of sp³-hybridized carbons (Fsp3) is 0.0714. The topological polar surface area (TPSA) is 92.5 Å². The SMILES string of the molecule is NNC(=O)CN(c1ccc(I)cc1)S(=O)(=O)c1cc(Cl)ccc1Cl. The number of halogens is 3. The van der Waals surface area contributed by atoms with E-state index in [-0.39, 0.29) is 14.9 Å². The number of nitrogens with two attached hydrogens (primary N) is 1. The molecule has 0 bridgehead atoms. The molecule has 2 rings (SSSR count). The van der Waals surface area contributed by atoms with Crippen molar-refractivity contribution in [1.82, 2.24) is 5.43 Å². The number of hydrazine groups is 1. The standard InChI is InChI=1S/C14H12Cl2IN3O3S/c15-9-1-6-12(16)13(7-9)24(22,23)20(8-14(21)19-18)11-4-2-10(17)3-5-11/h1-7H,8,18H2,(H,19,21). The molecule has 0 aliphatic heterocycles. The predicted octanol–water partition coefficient (Wildman–Crippen LogP) is 2.78. The van der Waals surface area contributed by atoms with Gasteiger partial charge in [-0.3, -0.25) is 14.5 Å². The summed E-state index contributed by atoms with van der Waals surface area (Å²) >= 11 is 14.0. The summed E-state index contributed by atoms with van der Waals surface area (Å²) in [6.45, 7) is -0.498. The van der Waals surface area contributed by atoms with Gasteiger partial charge >= 0.3 is 0 Å². The largest absolute Gasteiger partial charge is 0.293 e. The fourth-order valence-corrected chi connectivity index (χ4v) is 4.41. The molecule has 1 amide bonds. The van der Waals surface area contributed by atoms with E-state index in [9.17, 15) is 13.2 Å². The van der Waals surface area contributed by atoms with Crippen molar-refractivity contribution in [2.45, 2.75) is 4.90 Å². The van der Waals surface area contributed by atoms with E-state index < -0.39 is 22.5 Å². The third kappa shape index (κ3) is 4.31. The summed E-state index contributed by atoms with van der Waals surface area (Å²) in [7, 11) is -4.13. The maximum atomic E-state index is 13.0. The van der Waals surface area contributed by atoms with Crippen LogP contribution in [0.25, 0.3) is 0 Å². The first-order valence-electron chi connectivity index (χ1n) is 6.48. The Morgan fingerprint density at radius 3 is 2.38 bits per heavy atom. The molecular formula is C14H12Cl2IN3O3S. The molecule has 0 spiro atoms. The van der Waals surface area contributed by atoms with Crippen molar-refractivity contribution >= 4 is 67.4 Å². The van der Waals surface area contributed by atoms with E-state index in [0.29, 0.717) is 5.69 Å². The van der Waals surface area contributed by atoms with Crippen LogP contribution in [-0.2, 0) is 14.8 Å². The number of sulfonamides is 1. The summed E-state index contributed by atoms with van der Waals surface area (Å²) in [6.07, 6.45) is 0. The second kappa shape index (κ2) is 7.87. The van der Waals surface area contributed by atoms with Crippen molar-refractivity contribution < 1.29 is 13.2 Å². The van der Waals surface area contributed by atoms with Crippen LogP contribution < -0.4 is 15.6 Å². The van der Waals surface area contributed by atoms with E-state index in [1.807, 2.05) is 5.43 Å². The van der Waals surface area contributed by atoms with E-state index in [0.717, 1.165) is 7.88 Å². The molecule has 2 aromatic rings. The van der Waals surface area contributed by atoms with Gasteiger partial charge in [-0.15, -0.1) is 0 Å². The average Bonchev–Trinajstić information content (AvgIpc) is 2.55. The highest BCUT2D eigenvalue weighted by molar-refractivity contribution is 14.1. The van der Waals surface area contributed by atoms with Gasteiger partial charge in [0.1, 0.15) is 11.4 Å². The Morgan fingerprint density at radius 2 is 1.79 bits per heavy atom. The summed E-state index contributed by atoms with van der Waals surface area (Å²) in [5, 5.41) is 0.215. The molecule has 128 valence electrons. The van der Waals surface area contributed by atoms with Crippen LogP contribution in [0.4, 0.5) is 5.69 Å². The molecule has 6 nitrogen and oxygen atoms in total. The van der Waals surface area contributed by atoms with Crippen LogP contribution >= 0.6 is 45.8 Å². The summed E-state index contributed by atoms with van der Waals surface area (Å²) in [5.41, 5.74) is 2.22. The van der Waals surface area contributed by atoms with E-state index in [4.69, 9.17) is 29.0 Å². The van der Waals surface area contributed by atoms with Crippen molar-refractivity contribution in [2.75, 3.05) is 10.8 Å². The van der Waals surface area contributed by atoms with Gasteiger partial charge in [0.15, 0.2) is 0 Å². The minimum Gasteiger partial charge on any atom is -0.293 e. The minimum absolute atomic E-state index is 0.00284. The van der Waals surface area contributed by atoms with Crippen LogP contribution in [0, 0.1) is 3.57 Å². The van der Waals surface area contributed by atoms with Crippen LogP contribution in [0.2, 0.25) is 10.0 Å². The minimum atomic E-state index is -4.13. The summed E-state index contributed by atoms with van der Waals surface area (Å²) in [6, 6.07) is 10.7. The number of carbonyl (C=O) groups excluding carboxylic acids is 1. The Labute approximate surface area is 163 Å². The monoisotopic (exact) mass is 499 g/mol.